The summed E-state index contributed by atoms with van der Waals surface area (Å²) in [6, 6.07) is 15.2. The number of anilines is 3. The summed E-state index contributed by atoms with van der Waals surface area (Å²) < 4.78 is 10.7. The van der Waals surface area contributed by atoms with Crippen molar-refractivity contribution in [1.82, 2.24) is 9.97 Å². The molecule has 132 valence electrons. The molecule has 1 aromatic heterocycles. The fourth-order valence-corrected chi connectivity index (χ4v) is 2.83. The minimum Gasteiger partial charge on any atom is -0.454 e. The van der Waals surface area contributed by atoms with Crippen molar-refractivity contribution >= 4 is 29.1 Å². The molecule has 26 heavy (non-hydrogen) atoms. The van der Waals surface area contributed by atoms with Gasteiger partial charge in [-0.2, -0.15) is 4.98 Å². The number of benzene rings is 2. The minimum atomic E-state index is 0.268. The van der Waals surface area contributed by atoms with Crippen LogP contribution in [-0.4, -0.2) is 16.8 Å². The summed E-state index contributed by atoms with van der Waals surface area (Å²) in [6.07, 6.45) is 0. The van der Waals surface area contributed by atoms with Gasteiger partial charge in [0.2, 0.25) is 12.7 Å². The Hall–Kier alpha value is -2.99. The van der Waals surface area contributed by atoms with Gasteiger partial charge < -0.3 is 20.1 Å². The highest BCUT2D eigenvalue weighted by Crippen LogP contribution is 2.32. The van der Waals surface area contributed by atoms with Gasteiger partial charge >= 0.3 is 0 Å². The minimum absolute atomic E-state index is 0.268. The number of para-hydroxylation sites is 1. The van der Waals surface area contributed by atoms with Gasteiger partial charge in [-0.3, -0.25) is 0 Å². The van der Waals surface area contributed by atoms with E-state index in [-0.39, 0.29) is 6.79 Å². The Bertz CT molecular complexity index is 949. The van der Waals surface area contributed by atoms with Gasteiger partial charge in [0.15, 0.2) is 11.5 Å². The summed E-state index contributed by atoms with van der Waals surface area (Å²) in [5, 5.41) is 7.11. The maximum absolute atomic E-state index is 6.20. The zero-order valence-electron chi connectivity index (χ0n) is 14.1. The van der Waals surface area contributed by atoms with Crippen molar-refractivity contribution in [3.05, 3.63) is 64.8 Å². The second kappa shape index (κ2) is 7.09. The first-order chi connectivity index (χ1) is 12.7. The van der Waals surface area contributed by atoms with Crippen LogP contribution in [0.3, 0.4) is 0 Å². The van der Waals surface area contributed by atoms with E-state index >= 15 is 0 Å². The number of nitrogens with one attached hydrogen (secondary N) is 2. The Balaban J connectivity index is 1.48. The molecule has 7 heteroatoms. The third kappa shape index (κ3) is 3.65. The van der Waals surface area contributed by atoms with E-state index in [0.717, 1.165) is 28.4 Å². The number of nitrogens with zero attached hydrogens (tertiary/aromatic N) is 2. The van der Waals surface area contributed by atoms with Crippen LogP contribution in [0.25, 0.3) is 0 Å². The third-order valence-corrected chi connectivity index (χ3v) is 4.21. The van der Waals surface area contributed by atoms with Crippen LogP contribution in [0.4, 0.5) is 17.5 Å². The van der Waals surface area contributed by atoms with Gasteiger partial charge in [-0.05, 0) is 36.8 Å². The molecule has 4 rings (SSSR count). The van der Waals surface area contributed by atoms with Crippen LogP contribution in [0.1, 0.15) is 11.3 Å². The monoisotopic (exact) mass is 368 g/mol. The molecule has 0 saturated carbocycles. The first kappa shape index (κ1) is 16.5. The van der Waals surface area contributed by atoms with Crippen LogP contribution in [0.5, 0.6) is 11.5 Å². The zero-order chi connectivity index (χ0) is 17.9. The quantitative estimate of drug-likeness (QED) is 0.690. The first-order valence-electron chi connectivity index (χ1n) is 8.17. The number of aryl methyl sites for hydroxylation is 1. The standard InChI is InChI=1S/C19H17ClN4O2/c1-12-8-18(23-15-5-3-2-4-14(15)20)24-19(22-12)21-10-13-6-7-16-17(9-13)26-11-25-16/h2-9H,10-11H2,1H3,(H2,21,22,23,24). The fourth-order valence-electron chi connectivity index (χ4n) is 2.64. The Morgan fingerprint density at radius 3 is 2.77 bits per heavy atom. The first-order valence-corrected chi connectivity index (χ1v) is 8.55. The van der Waals surface area contributed by atoms with E-state index in [1.165, 1.54) is 0 Å². The van der Waals surface area contributed by atoms with Crippen LogP contribution in [0.15, 0.2) is 48.5 Å². The molecular formula is C19H17ClN4O2. The molecule has 3 aromatic rings. The van der Waals surface area contributed by atoms with Crippen molar-refractivity contribution in [3.8, 4) is 11.5 Å². The van der Waals surface area contributed by atoms with Gasteiger partial charge in [-0.15, -0.1) is 0 Å². The van der Waals surface area contributed by atoms with Crippen molar-refractivity contribution in [2.75, 3.05) is 17.4 Å². The predicted molar refractivity (Wildman–Crippen MR) is 101 cm³/mol. The van der Waals surface area contributed by atoms with Gasteiger partial charge in [0.25, 0.3) is 0 Å². The molecule has 0 saturated heterocycles. The summed E-state index contributed by atoms with van der Waals surface area (Å²) in [6.45, 7) is 2.77. The van der Waals surface area contributed by atoms with Crippen LogP contribution < -0.4 is 20.1 Å². The highest BCUT2D eigenvalue weighted by molar-refractivity contribution is 6.33. The third-order valence-electron chi connectivity index (χ3n) is 3.88. The summed E-state index contributed by atoms with van der Waals surface area (Å²) in [4.78, 5) is 8.94. The molecule has 0 bridgehead atoms. The molecular weight excluding hydrogens is 352 g/mol. The average molecular weight is 369 g/mol. The Morgan fingerprint density at radius 2 is 1.88 bits per heavy atom. The van der Waals surface area contributed by atoms with Crippen molar-refractivity contribution in [2.45, 2.75) is 13.5 Å². The molecule has 1 aliphatic rings. The molecule has 0 radical (unpaired) electrons. The lowest BCUT2D eigenvalue weighted by molar-refractivity contribution is 0.174. The Labute approximate surface area is 156 Å². The molecule has 2 heterocycles. The van der Waals surface area contributed by atoms with E-state index in [1.807, 2.05) is 55.5 Å². The van der Waals surface area contributed by atoms with Gasteiger partial charge in [-0.25, -0.2) is 4.98 Å². The second-order valence-corrected chi connectivity index (χ2v) is 6.27. The Morgan fingerprint density at radius 1 is 1.04 bits per heavy atom. The summed E-state index contributed by atoms with van der Waals surface area (Å²) in [7, 11) is 0. The van der Waals surface area contributed by atoms with Crippen molar-refractivity contribution in [1.29, 1.82) is 0 Å². The number of ether oxygens (including phenoxy) is 2. The molecule has 0 atom stereocenters. The van der Waals surface area contributed by atoms with Gasteiger partial charge in [0.05, 0.1) is 10.7 Å². The number of hydrogen-bond acceptors (Lipinski definition) is 6. The summed E-state index contributed by atoms with van der Waals surface area (Å²) in [5.41, 5.74) is 2.71. The molecule has 0 aliphatic carbocycles. The predicted octanol–water partition coefficient (Wildman–Crippen LogP) is 4.52. The second-order valence-electron chi connectivity index (χ2n) is 5.86. The van der Waals surface area contributed by atoms with E-state index in [2.05, 4.69) is 20.6 Å². The molecule has 0 spiro atoms. The maximum atomic E-state index is 6.20. The van der Waals surface area contributed by atoms with E-state index in [1.54, 1.807) is 0 Å². The SMILES string of the molecule is Cc1cc(Nc2ccccc2Cl)nc(NCc2ccc3c(c2)OCO3)n1. The molecule has 2 aromatic carbocycles. The largest absolute Gasteiger partial charge is 0.454 e. The molecule has 6 nitrogen and oxygen atoms in total. The highest BCUT2D eigenvalue weighted by Gasteiger charge is 2.13. The van der Waals surface area contributed by atoms with E-state index in [0.29, 0.717) is 23.3 Å². The van der Waals surface area contributed by atoms with E-state index in [4.69, 9.17) is 21.1 Å². The number of hydrogen-bond donors (Lipinski definition) is 2. The molecule has 1 aliphatic heterocycles. The molecule has 0 fully saturated rings. The smallest absolute Gasteiger partial charge is 0.231 e. The summed E-state index contributed by atoms with van der Waals surface area (Å²) in [5.74, 6) is 2.75. The van der Waals surface area contributed by atoms with Gasteiger partial charge in [0, 0.05) is 18.3 Å². The van der Waals surface area contributed by atoms with E-state index < -0.39 is 0 Å². The lowest BCUT2D eigenvalue weighted by atomic mass is 10.2. The fraction of sp³-hybridized carbons (Fsp3) is 0.158. The molecule has 0 unspecified atom stereocenters. The van der Waals surface area contributed by atoms with Crippen molar-refractivity contribution in [2.24, 2.45) is 0 Å². The average Bonchev–Trinajstić information content (AvgIpc) is 3.09. The normalized spacial score (nSPS) is 12.1. The highest BCUT2D eigenvalue weighted by atomic mass is 35.5. The lowest BCUT2D eigenvalue weighted by Crippen LogP contribution is -2.06. The van der Waals surface area contributed by atoms with Gasteiger partial charge in [0.1, 0.15) is 5.82 Å². The maximum Gasteiger partial charge on any atom is 0.231 e. The lowest BCUT2D eigenvalue weighted by Gasteiger charge is -2.11. The van der Waals surface area contributed by atoms with Crippen molar-refractivity contribution < 1.29 is 9.47 Å². The van der Waals surface area contributed by atoms with E-state index in [9.17, 15) is 0 Å². The van der Waals surface area contributed by atoms with Gasteiger partial charge in [-0.1, -0.05) is 29.8 Å². The van der Waals surface area contributed by atoms with Crippen LogP contribution in [-0.2, 0) is 6.54 Å². The van der Waals surface area contributed by atoms with Crippen LogP contribution >= 0.6 is 11.6 Å². The van der Waals surface area contributed by atoms with Crippen LogP contribution in [0, 0.1) is 6.92 Å². The number of halogens is 1. The number of aromatic nitrogens is 2. The molecule has 2 N–H and O–H groups in total. The van der Waals surface area contributed by atoms with Crippen LogP contribution in [0.2, 0.25) is 5.02 Å². The molecule has 0 amide bonds. The number of rotatable bonds is 5. The summed E-state index contributed by atoms with van der Waals surface area (Å²) >= 11 is 6.20. The number of fused-ring (bicyclic) bond motifs is 1. The topological polar surface area (TPSA) is 68.3 Å². The zero-order valence-corrected chi connectivity index (χ0v) is 14.9. The Kier molecular flexibility index (Phi) is 4.50. The van der Waals surface area contributed by atoms with Crippen molar-refractivity contribution in [3.63, 3.8) is 0 Å².